The van der Waals surface area contributed by atoms with Crippen LogP contribution >= 0.6 is 0 Å². The van der Waals surface area contributed by atoms with E-state index in [1.165, 1.54) is 19.5 Å². The van der Waals surface area contributed by atoms with Gasteiger partial charge >= 0.3 is 6.18 Å². The van der Waals surface area contributed by atoms with Crippen LogP contribution in [0.25, 0.3) is 18.0 Å². The second kappa shape index (κ2) is 9.14. The normalized spacial score (nSPS) is 15.4. The van der Waals surface area contributed by atoms with Crippen molar-refractivity contribution in [2.45, 2.75) is 38.5 Å². The van der Waals surface area contributed by atoms with Crippen molar-refractivity contribution >= 4 is 23.9 Å². The highest BCUT2D eigenvalue weighted by Gasteiger charge is 2.38. The number of hydrogen-bond acceptors (Lipinski definition) is 5. The van der Waals surface area contributed by atoms with Gasteiger partial charge < -0.3 is 10.1 Å². The molecule has 0 fully saturated rings. The summed E-state index contributed by atoms with van der Waals surface area (Å²) in [5.74, 6) is -1.42. The van der Waals surface area contributed by atoms with E-state index < -0.39 is 12.0 Å². The Labute approximate surface area is 187 Å². The summed E-state index contributed by atoms with van der Waals surface area (Å²) < 4.78 is 47.1. The molecule has 1 atom stereocenters. The molecule has 0 radical (unpaired) electrons. The fourth-order valence-corrected chi connectivity index (χ4v) is 3.63. The second-order valence-corrected chi connectivity index (χ2v) is 7.58. The third-order valence-corrected chi connectivity index (χ3v) is 5.25. The molecule has 1 N–H and O–H groups in total. The van der Waals surface area contributed by atoms with E-state index >= 15 is 0 Å². The minimum absolute atomic E-state index is 0.0569. The Morgan fingerprint density at radius 2 is 1.97 bits per heavy atom. The van der Waals surface area contributed by atoms with Crippen LogP contribution in [0.5, 0.6) is 0 Å². The minimum atomic E-state index is -4.69. The molecule has 7 nitrogen and oxygen atoms in total. The number of carbonyl (C=O) groups excluding carboxylic acids is 1. The lowest BCUT2D eigenvalue weighted by atomic mass is 10.1. The number of benzene rings is 1. The maximum absolute atomic E-state index is 13.7. The zero-order valence-corrected chi connectivity index (χ0v) is 18.1. The molecule has 2 heterocycles. The molecule has 172 valence electrons. The highest BCUT2D eigenvalue weighted by molar-refractivity contribution is 6.03. The molecule has 33 heavy (non-hydrogen) atoms. The molecule has 1 amide bonds. The van der Waals surface area contributed by atoms with E-state index in [4.69, 9.17) is 4.74 Å². The monoisotopic (exact) mass is 457 g/mol. The third kappa shape index (κ3) is 4.80. The molecule has 10 heteroatoms. The molecule has 3 aromatic rings. The van der Waals surface area contributed by atoms with Gasteiger partial charge in [0.2, 0.25) is 5.82 Å². The second-order valence-electron chi connectivity index (χ2n) is 7.58. The smallest absolute Gasteiger partial charge is 0.377 e. The highest BCUT2D eigenvalue weighted by atomic mass is 19.4. The van der Waals surface area contributed by atoms with Crippen molar-refractivity contribution in [3.8, 4) is 5.82 Å². The van der Waals surface area contributed by atoms with Gasteiger partial charge in [-0.2, -0.15) is 13.2 Å². The molecule has 0 saturated heterocycles. The first kappa shape index (κ1) is 22.7. The van der Waals surface area contributed by atoms with Crippen molar-refractivity contribution in [2.24, 2.45) is 0 Å². The number of alkyl halides is 3. The number of aromatic nitrogens is 4. The van der Waals surface area contributed by atoms with E-state index in [-0.39, 0.29) is 34.3 Å². The van der Waals surface area contributed by atoms with Crippen molar-refractivity contribution in [3.63, 3.8) is 0 Å². The quantitative estimate of drug-likeness (QED) is 0.616. The Hall–Kier alpha value is -3.53. The number of nitrogens with one attached hydrogen (secondary N) is 1. The lowest BCUT2D eigenvalue weighted by molar-refractivity contribution is -0.146. The van der Waals surface area contributed by atoms with E-state index in [1.807, 2.05) is 12.1 Å². The molecular formula is C23H22F3N5O2. The van der Waals surface area contributed by atoms with Crippen molar-refractivity contribution in [2.75, 3.05) is 12.4 Å². The number of hydrogen-bond donors (Lipinski definition) is 1. The SMILES string of the molecule is CCCc1ccc(C(=O)Nc2cnc(-n3c(C(F)(F)F)nc4c3=CCC(OC)C=4)cn2)cc1. The van der Waals surface area contributed by atoms with E-state index in [2.05, 4.69) is 27.2 Å². The van der Waals surface area contributed by atoms with Crippen molar-refractivity contribution < 1.29 is 22.7 Å². The minimum Gasteiger partial charge on any atom is -0.377 e. The summed E-state index contributed by atoms with van der Waals surface area (Å²) in [4.78, 5) is 24.4. The van der Waals surface area contributed by atoms with Crippen molar-refractivity contribution in [1.82, 2.24) is 19.5 Å². The summed E-state index contributed by atoms with van der Waals surface area (Å²) in [7, 11) is 1.49. The first-order valence-electron chi connectivity index (χ1n) is 10.4. The molecule has 1 aliphatic carbocycles. The Morgan fingerprint density at radius 3 is 2.58 bits per heavy atom. The first-order valence-corrected chi connectivity index (χ1v) is 10.4. The summed E-state index contributed by atoms with van der Waals surface area (Å²) in [6.07, 6.45) is 2.87. The van der Waals surface area contributed by atoms with Gasteiger partial charge in [0, 0.05) is 12.7 Å². The summed E-state index contributed by atoms with van der Waals surface area (Å²) in [6.45, 7) is 2.08. The van der Waals surface area contributed by atoms with Gasteiger partial charge in [0.05, 0.1) is 29.2 Å². The number of rotatable bonds is 6. The molecule has 0 saturated carbocycles. The number of amides is 1. The van der Waals surface area contributed by atoms with Gasteiger partial charge in [-0.05, 0) is 36.6 Å². The number of methoxy groups -OCH3 is 1. The van der Waals surface area contributed by atoms with Crippen LogP contribution in [-0.2, 0) is 17.3 Å². The standard InChI is InChI=1S/C23H22F3N5O2/c1-3-4-14-5-7-15(8-6-14)21(32)30-19-12-28-20(13-27-19)31-18-10-9-16(33-2)11-17(18)29-22(31)23(24,25)26/h5-8,10-13,16H,3-4,9H2,1-2H3,(H,27,30,32). The Morgan fingerprint density at radius 1 is 1.21 bits per heavy atom. The zero-order chi connectivity index (χ0) is 23.6. The number of halogens is 3. The lowest BCUT2D eigenvalue weighted by Crippen LogP contribution is -2.35. The molecule has 1 aliphatic rings. The van der Waals surface area contributed by atoms with Gasteiger partial charge in [-0.1, -0.05) is 31.6 Å². The average Bonchev–Trinajstić information content (AvgIpc) is 3.19. The van der Waals surface area contributed by atoms with E-state index in [1.54, 1.807) is 24.3 Å². The third-order valence-electron chi connectivity index (χ3n) is 5.25. The van der Waals surface area contributed by atoms with E-state index in [0.29, 0.717) is 12.0 Å². The summed E-state index contributed by atoms with van der Waals surface area (Å²) >= 11 is 0. The van der Waals surface area contributed by atoms with Gasteiger partial charge in [-0.25, -0.2) is 15.0 Å². The number of imidazole rings is 1. The van der Waals surface area contributed by atoms with Crippen molar-refractivity contribution in [3.05, 3.63) is 64.3 Å². The van der Waals surface area contributed by atoms with Crippen LogP contribution in [0.1, 0.15) is 41.5 Å². The van der Waals surface area contributed by atoms with Crippen LogP contribution in [0.2, 0.25) is 0 Å². The predicted octanol–water partition coefficient (Wildman–Crippen LogP) is 2.87. The molecular weight excluding hydrogens is 435 g/mol. The summed E-state index contributed by atoms with van der Waals surface area (Å²) in [6, 6.07) is 7.20. The van der Waals surface area contributed by atoms with Gasteiger partial charge in [0.1, 0.15) is 0 Å². The number of anilines is 1. The van der Waals surface area contributed by atoms with Crippen LogP contribution in [0.15, 0.2) is 36.7 Å². The van der Waals surface area contributed by atoms with Crippen LogP contribution in [0.4, 0.5) is 19.0 Å². The Bertz CT molecular complexity index is 1270. The number of aryl methyl sites for hydroxylation is 1. The van der Waals surface area contributed by atoms with Crippen LogP contribution in [-0.4, -0.2) is 38.6 Å². The van der Waals surface area contributed by atoms with Gasteiger partial charge in [0.25, 0.3) is 5.91 Å². The number of ether oxygens (including phenoxy) is 1. The molecule has 1 unspecified atom stereocenters. The zero-order valence-electron chi connectivity index (χ0n) is 18.1. The van der Waals surface area contributed by atoms with Crippen molar-refractivity contribution in [1.29, 1.82) is 0 Å². The molecule has 4 rings (SSSR count). The van der Waals surface area contributed by atoms with Gasteiger partial charge in [-0.3, -0.25) is 9.36 Å². The maximum atomic E-state index is 13.7. The van der Waals surface area contributed by atoms with E-state index in [9.17, 15) is 18.0 Å². The summed E-state index contributed by atoms with van der Waals surface area (Å²) in [5.41, 5.74) is 1.58. The summed E-state index contributed by atoms with van der Waals surface area (Å²) in [5, 5.41) is 3.06. The Balaban J connectivity index is 1.61. The average molecular weight is 457 g/mol. The number of nitrogens with zero attached hydrogens (tertiary/aromatic N) is 4. The molecule has 0 aliphatic heterocycles. The fourth-order valence-electron chi connectivity index (χ4n) is 3.63. The molecule has 2 aromatic heterocycles. The highest BCUT2D eigenvalue weighted by Crippen LogP contribution is 2.27. The topological polar surface area (TPSA) is 81.9 Å². The van der Waals surface area contributed by atoms with Gasteiger partial charge in [0.15, 0.2) is 11.6 Å². The largest absolute Gasteiger partial charge is 0.450 e. The van der Waals surface area contributed by atoms with Crippen LogP contribution < -0.4 is 16.0 Å². The van der Waals surface area contributed by atoms with Crippen LogP contribution in [0.3, 0.4) is 0 Å². The lowest BCUT2D eigenvalue weighted by Gasteiger charge is -2.12. The first-order chi connectivity index (χ1) is 15.8. The molecule has 0 spiro atoms. The number of fused-ring (bicyclic) bond motifs is 1. The van der Waals surface area contributed by atoms with Gasteiger partial charge in [-0.15, -0.1) is 0 Å². The number of carbonyl (C=O) groups is 1. The van der Waals surface area contributed by atoms with E-state index in [0.717, 1.165) is 23.0 Å². The fraction of sp³-hybridized carbons (Fsp3) is 0.304. The predicted molar refractivity (Wildman–Crippen MR) is 116 cm³/mol. The molecule has 0 bridgehead atoms. The Kier molecular flexibility index (Phi) is 6.28. The maximum Gasteiger partial charge on any atom is 0.450 e. The van der Waals surface area contributed by atoms with Crippen LogP contribution in [0, 0.1) is 0 Å². The molecule has 1 aromatic carbocycles.